The van der Waals surface area contributed by atoms with Gasteiger partial charge < -0.3 is 5.32 Å². The number of nitrogens with one attached hydrogen (secondary N) is 1. The fraction of sp³-hybridized carbons (Fsp3) is 0.462. The van der Waals surface area contributed by atoms with Gasteiger partial charge in [-0.15, -0.1) is 0 Å². The molecule has 0 radical (unpaired) electrons. The molecule has 1 amide bonds. The minimum Gasteiger partial charge on any atom is -0.322 e. The van der Waals surface area contributed by atoms with Crippen LogP contribution in [0, 0.1) is 41.4 Å². The molecule has 2 aromatic rings. The molecule has 0 saturated heterocycles. The molecule has 164 valence electrons. The first kappa shape index (κ1) is 21.2. The second-order valence-corrected chi connectivity index (χ2v) is 10.8. The largest absolute Gasteiger partial charge is 0.322 e. The molecular weight excluding hydrogens is 418 g/mol. The number of carbonyl (C=O) groups is 2. The Morgan fingerprint density at radius 1 is 1.12 bits per heavy atom. The van der Waals surface area contributed by atoms with Gasteiger partial charge in [0.15, 0.2) is 0 Å². The summed E-state index contributed by atoms with van der Waals surface area (Å²) in [6.45, 7) is 1.77. The number of amides is 1. The molecule has 0 atom stereocenters. The van der Waals surface area contributed by atoms with Gasteiger partial charge in [0.25, 0.3) is 5.91 Å². The third-order valence-corrected chi connectivity index (χ3v) is 8.54. The van der Waals surface area contributed by atoms with E-state index >= 15 is 0 Å². The Morgan fingerprint density at radius 2 is 1.75 bits per heavy atom. The van der Waals surface area contributed by atoms with Crippen LogP contribution in [-0.2, 0) is 4.79 Å². The lowest BCUT2D eigenvalue weighted by molar-refractivity contribution is -0.141. The van der Waals surface area contributed by atoms with Gasteiger partial charge >= 0.3 is 0 Å². The van der Waals surface area contributed by atoms with Crippen LogP contribution in [-0.4, -0.2) is 22.4 Å². The fourth-order valence-corrected chi connectivity index (χ4v) is 7.50. The molecule has 4 fully saturated rings. The van der Waals surface area contributed by atoms with Crippen molar-refractivity contribution in [3.8, 4) is 6.07 Å². The molecule has 32 heavy (non-hydrogen) atoms. The van der Waals surface area contributed by atoms with Crippen LogP contribution in [0.3, 0.4) is 0 Å². The highest BCUT2D eigenvalue weighted by Crippen LogP contribution is 2.60. The molecule has 4 bridgehead atoms. The van der Waals surface area contributed by atoms with Gasteiger partial charge in [0, 0.05) is 11.1 Å². The van der Waals surface area contributed by atoms with Crippen molar-refractivity contribution in [3.05, 3.63) is 53.2 Å². The van der Waals surface area contributed by atoms with Crippen LogP contribution in [0.1, 0.15) is 60.1 Å². The summed E-state index contributed by atoms with van der Waals surface area (Å²) in [7, 11) is 0. The van der Waals surface area contributed by atoms with Crippen molar-refractivity contribution in [2.75, 3.05) is 11.1 Å². The minimum absolute atomic E-state index is 0.140. The number of para-hydroxylation sites is 1. The minimum atomic E-state index is -0.293. The molecule has 0 unspecified atom stereocenters. The number of hydrogen-bond acceptors (Lipinski definition) is 5. The normalized spacial score (nSPS) is 27.7. The lowest BCUT2D eigenvalue weighted by Gasteiger charge is -2.56. The summed E-state index contributed by atoms with van der Waals surface area (Å²) < 4.78 is 0. The Labute approximate surface area is 193 Å². The van der Waals surface area contributed by atoms with Crippen LogP contribution in [0.2, 0.25) is 0 Å². The number of hydrogen-bond donors (Lipinski definition) is 1. The third kappa shape index (κ3) is 3.95. The second-order valence-electron chi connectivity index (χ2n) is 9.82. The molecule has 0 spiro atoms. The van der Waals surface area contributed by atoms with Gasteiger partial charge in [-0.05, 0) is 81.4 Å². The summed E-state index contributed by atoms with van der Waals surface area (Å²) in [5, 5.41) is 13.1. The van der Waals surface area contributed by atoms with Gasteiger partial charge in [-0.2, -0.15) is 5.26 Å². The van der Waals surface area contributed by atoms with Crippen LogP contribution < -0.4 is 5.32 Å². The number of aryl methyl sites for hydroxylation is 1. The molecule has 1 aromatic carbocycles. The molecule has 4 aliphatic rings. The number of nitriles is 1. The number of anilines is 1. The zero-order valence-electron chi connectivity index (χ0n) is 18.3. The predicted octanol–water partition coefficient (Wildman–Crippen LogP) is 5.39. The molecule has 5 nitrogen and oxygen atoms in total. The average molecular weight is 446 g/mol. The predicted molar refractivity (Wildman–Crippen MR) is 124 cm³/mol. The highest BCUT2D eigenvalue weighted by Gasteiger charge is 2.54. The maximum absolute atomic E-state index is 13.3. The van der Waals surface area contributed by atoms with Crippen molar-refractivity contribution >= 4 is 29.1 Å². The topological polar surface area (TPSA) is 82.8 Å². The average Bonchev–Trinajstić information content (AvgIpc) is 2.77. The first-order chi connectivity index (χ1) is 15.5. The molecule has 4 saturated carbocycles. The lowest BCUT2D eigenvalue weighted by atomic mass is 9.48. The van der Waals surface area contributed by atoms with Crippen LogP contribution in [0.5, 0.6) is 0 Å². The molecule has 6 heteroatoms. The first-order valence-corrected chi connectivity index (χ1v) is 12.4. The monoisotopic (exact) mass is 445 g/mol. The maximum atomic E-state index is 13.3. The number of rotatable bonds is 6. The SMILES string of the molecule is Cc1nc(SCC(=O)C23CC4CC(CC(C4)C2)C3)c(C#N)cc1C(=O)Nc1ccccc1. The van der Waals surface area contributed by atoms with E-state index in [1.807, 2.05) is 30.3 Å². The number of Topliss-reactive ketones (excluding diaryl/α,β-unsaturated/α-hetero) is 1. The van der Waals surface area contributed by atoms with Crippen molar-refractivity contribution in [1.82, 2.24) is 4.98 Å². The van der Waals surface area contributed by atoms with E-state index in [4.69, 9.17) is 0 Å². The number of aromatic nitrogens is 1. The number of ketones is 1. The maximum Gasteiger partial charge on any atom is 0.257 e. The second kappa shape index (κ2) is 8.37. The number of carbonyl (C=O) groups excluding carboxylic acids is 2. The van der Waals surface area contributed by atoms with E-state index in [-0.39, 0.29) is 11.3 Å². The Balaban J connectivity index is 1.30. The fourth-order valence-electron chi connectivity index (χ4n) is 6.46. The van der Waals surface area contributed by atoms with Gasteiger partial charge in [-0.1, -0.05) is 30.0 Å². The highest BCUT2D eigenvalue weighted by atomic mass is 32.2. The Hall–Kier alpha value is -2.65. The van der Waals surface area contributed by atoms with Gasteiger partial charge in [-0.25, -0.2) is 4.98 Å². The van der Waals surface area contributed by atoms with E-state index in [0.717, 1.165) is 37.0 Å². The zero-order chi connectivity index (χ0) is 22.3. The number of thioether (sulfide) groups is 1. The van der Waals surface area contributed by atoms with E-state index in [1.165, 1.54) is 31.0 Å². The zero-order valence-corrected chi connectivity index (χ0v) is 19.1. The number of benzene rings is 1. The molecule has 1 heterocycles. The van der Waals surface area contributed by atoms with E-state index < -0.39 is 0 Å². The molecular formula is C26H27N3O2S. The molecule has 0 aliphatic heterocycles. The van der Waals surface area contributed by atoms with Crippen molar-refractivity contribution in [3.63, 3.8) is 0 Å². The summed E-state index contributed by atoms with van der Waals surface area (Å²) in [6.07, 6.45) is 7.08. The van der Waals surface area contributed by atoms with Gasteiger partial charge in [0.1, 0.15) is 16.9 Å². The summed E-state index contributed by atoms with van der Waals surface area (Å²) in [5.41, 5.74) is 1.83. The summed E-state index contributed by atoms with van der Waals surface area (Å²) in [5.74, 6) is 2.57. The van der Waals surface area contributed by atoms with E-state index in [0.29, 0.717) is 39.1 Å². The van der Waals surface area contributed by atoms with Crippen LogP contribution in [0.15, 0.2) is 41.4 Å². The van der Waals surface area contributed by atoms with Crippen LogP contribution in [0.4, 0.5) is 5.69 Å². The number of nitrogens with zero attached hydrogens (tertiary/aromatic N) is 2. The Morgan fingerprint density at radius 3 is 2.34 bits per heavy atom. The van der Waals surface area contributed by atoms with Crippen molar-refractivity contribution in [2.24, 2.45) is 23.2 Å². The standard InChI is InChI=1S/C26H27N3O2S/c1-16-22(24(31)29-21-5-3-2-4-6-21)10-20(14-27)25(28-16)32-15-23(30)26-11-17-7-18(12-26)9-19(8-17)13-26/h2-6,10,17-19H,7-9,11-13,15H2,1H3,(H,29,31). The van der Waals surface area contributed by atoms with Crippen molar-refractivity contribution < 1.29 is 9.59 Å². The molecule has 6 rings (SSSR count). The smallest absolute Gasteiger partial charge is 0.257 e. The molecule has 1 aromatic heterocycles. The summed E-state index contributed by atoms with van der Waals surface area (Å²) in [6, 6.07) is 13.0. The lowest BCUT2D eigenvalue weighted by Crippen LogP contribution is -2.50. The number of pyridine rings is 1. The molecule has 4 aliphatic carbocycles. The van der Waals surface area contributed by atoms with E-state index in [9.17, 15) is 14.9 Å². The highest BCUT2D eigenvalue weighted by molar-refractivity contribution is 8.00. The van der Waals surface area contributed by atoms with Crippen LogP contribution in [0.25, 0.3) is 0 Å². The third-order valence-electron chi connectivity index (χ3n) is 7.54. The van der Waals surface area contributed by atoms with Gasteiger partial charge in [0.05, 0.1) is 22.6 Å². The first-order valence-electron chi connectivity index (χ1n) is 11.4. The van der Waals surface area contributed by atoms with Crippen LogP contribution >= 0.6 is 11.8 Å². The summed E-state index contributed by atoms with van der Waals surface area (Å²) >= 11 is 1.35. The Kier molecular flexibility index (Phi) is 5.54. The van der Waals surface area contributed by atoms with Crippen molar-refractivity contribution in [1.29, 1.82) is 5.26 Å². The van der Waals surface area contributed by atoms with Gasteiger partial charge in [0.2, 0.25) is 0 Å². The Bertz CT molecular complexity index is 1070. The van der Waals surface area contributed by atoms with E-state index in [1.54, 1.807) is 13.0 Å². The van der Waals surface area contributed by atoms with Gasteiger partial charge in [-0.3, -0.25) is 9.59 Å². The van der Waals surface area contributed by atoms with Crippen molar-refractivity contribution in [2.45, 2.75) is 50.5 Å². The van der Waals surface area contributed by atoms with E-state index in [2.05, 4.69) is 16.4 Å². The molecule has 1 N–H and O–H groups in total. The quantitative estimate of drug-likeness (QED) is 0.603. The summed E-state index contributed by atoms with van der Waals surface area (Å²) in [4.78, 5) is 30.6.